The highest BCUT2D eigenvalue weighted by Crippen LogP contribution is 2.35. The molecular weight excluding hydrogens is 300 g/mol. The molecule has 1 N–H and O–H groups in total. The second-order valence-electron chi connectivity index (χ2n) is 3.88. The Morgan fingerprint density at radius 2 is 2.00 bits per heavy atom. The lowest BCUT2D eigenvalue weighted by Crippen LogP contribution is -2.12. The number of pyridine rings is 1. The minimum Gasteiger partial charge on any atom is -0.504 e. The van der Waals surface area contributed by atoms with Crippen LogP contribution < -0.4 is 0 Å². The van der Waals surface area contributed by atoms with E-state index >= 15 is 0 Å². The summed E-state index contributed by atoms with van der Waals surface area (Å²) in [6.45, 7) is 6.07. The lowest BCUT2D eigenvalue weighted by atomic mass is 9.87. The second-order valence-corrected chi connectivity index (χ2v) is 5.35. The standard InChI is InChI=1S/C9H11ClINO/c1-9(2,3)5-4-6(11)12-8(10)7(5)13/h4,13H,1-3H3. The van der Waals surface area contributed by atoms with Gasteiger partial charge in [0, 0.05) is 5.56 Å². The second kappa shape index (κ2) is 3.61. The minimum atomic E-state index is -0.114. The zero-order valence-electron chi connectivity index (χ0n) is 7.73. The Morgan fingerprint density at radius 3 is 2.46 bits per heavy atom. The molecule has 0 aromatic carbocycles. The Labute approximate surface area is 96.5 Å². The fourth-order valence-corrected chi connectivity index (χ4v) is 1.94. The van der Waals surface area contributed by atoms with Crippen molar-refractivity contribution in [2.24, 2.45) is 0 Å². The predicted molar refractivity (Wildman–Crippen MR) is 62.3 cm³/mol. The zero-order chi connectivity index (χ0) is 10.2. The molecule has 0 aliphatic rings. The van der Waals surface area contributed by atoms with E-state index in [4.69, 9.17) is 11.6 Å². The number of rotatable bonds is 0. The maximum absolute atomic E-state index is 9.66. The first-order valence-corrected chi connectivity index (χ1v) is 5.33. The average molecular weight is 312 g/mol. The fourth-order valence-electron chi connectivity index (χ4n) is 1.05. The molecule has 2 nitrogen and oxygen atoms in total. The number of hydrogen-bond acceptors (Lipinski definition) is 2. The molecule has 0 aliphatic carbocycles. The van der Waals surface area contributed by atoms with Crippen molar-refractivity contribution in [3.05, 3.63) is 20.5 Å². The molecule has 72 valence electrons. The van der Waals surface area contributed by atoms with E-state index in [0.717, 1.165) is 9.26 Å². The highest BCUT2D eigenvalue weighted by atomic mass is 127. The van der Waals surface area contributed by atoms with Crippen molar-refractivity contribution in [1.29, 1.82) is 0 Å². The van der Waals surface area contributed by atoms with Crippen LogP contribution in [0.15, 0.2) is 6.07 Å². The molecule has 0 spiro atoms. The summed E-state index contributed by atoms with van der Waals surface area (Å²) in [7, 11) is 0. The topological polar surface area (TPSA) is 33.1 Å². The quantitative estimate of drug-likeness (QED) is 0.589. The summed E-state index contributed by atoms with van der Waals surface area (Å²) in [4.78, 5) is 3.95. The fraction of sp³-hybridized carbons (Fsp3) is 0.444. The third-order valence-electron chi connectivity index (χ3n) is 1.73. The Hall–Kier alpha value is -0.0300. The van der Waals surface area contributed by atoms with Crippen molar-refractivity contribution in [2.75, 3.05) is 0 Å². The maximum atomic E-state index is 9.66. The number of aromatic hydroxyl groups is 1. The van der Waals surface area contributed by atoms with Crippen molar-refractivity contribution in [3.63, 3.8) is 0 Å². The lowest BCUT2D eigenvalue weighted by Gasteiger charge is -2.20. The molecule has 0 fully saturated rings. The third-order valence-corrected chi connectivity index (χ3v) is 2.54. The van der Waals surface area contributed by atoms with E-state index in [2.05, 4.69) is 27.6 Å². The van der Waals surface area contributed by atoms with E-state index in [9.17, 15) is 5.11 Å². The van der Waals surface area contributed by atoms with E-state index in [1.807, 2.05) is 26.8 Å². The van der Waals surface area contributed by atoms with E-state index in [1.165, 1.54) is 0 Å². The first-order valence-electron chi connectivity index (χ1n) is 3.88. The molecule has 13 heavy (non-hydrogen) atoms. The summed E-state index contributed by atoms with van der Waals surface area (Å²) in [6, 6.07) is 1.85. The van der Waals surface area contributed by atoms with Gasteiger partial charge in [-0.05, 0) is 34.1 Å². The smallest absolute Gasteiger partial charge is 0.172 e. The third kappa shape index (κ3) is 2.47. The van der Waals surface area contributed by atoms with Gasteiger partial charge in [-0.2, -0.15) is 0 Å². The molecule has 1 heterocycles. The predicted octanol–water partition coefficient (Wildman–Crippen LogP) is 3.34. The summed E-state index contributed by atoms with van der Waals surface area (Å²) in [6.07, 6.45) is 0. The molecule has 0 amide bonds. The molecule has 1 rings (SSSR count). The van der Waals surface area contributed by atoms with Gasteiger partial charge in [0.05, 0.1) is 0 Å². The largest absolute Gasteiger partial charge is 0.504 e. The first kappa shape index (κ1) is 11.0. The zero-order valence-corrected chi connectivity index (χ0v) is 10.6. The van der Waals surface area contributed by atoms with Gasteiger partial charge in [0.2, 0.25) is 0 Å². The molecule has 0 aliphatic heterocycles. The summed E-state index contributed by atoms with van der Waals surface area (Å²) in [5.74, 6) is 0.0922. The summed E-state index contributed by atoms with van der Waals surface area (Å²) < 4.78 is 0.797. The molecule has 4 heteroatoms. The highest BCUT2D eigenvalue weighted by molar-refractivity contribution is 14.1. The van der Waals surface area contributed by atoms with E-state index in [-0.39, 0.29) is 16.3 Å². The first-order chi connectivity index (χ1) is 5.82. The van der Waals surface area contributed by atoms with Crippen LogP contribution in [0.1, 0.15) is 26.3 Å². The van der Waals surface area contributed by atoms with Crippen LogP contribution in [0.4, 0.5) is 0 Å². The van der Waals surface area contributed by atoms with Gasteiger partial charge >= 0.3 is 0 Å². The van der Waals surface area contributed by atoms with Crippen LogP contribution in [0, 0.1) is 3.70 Å². The molecule has 0 unspecified atom stereocenters. The molecule has 0 saturated heterocycles. The number of hydrogen-bond donors (Lipinski definition) is 1. The van der Waals surface area contributed by atoms with Crippen LogP contribution in [-0.4, -0.2) is 10.1 Å². The number of aromatic nitrogens is 1. The molecule has 0 saturated carbocycles. The Bertz CT molecular complexity index is 333. The molecule has 1 aromatic heterocycles. The van der Waals surface area contributed by atoms with E-state index in [1.54, 1.807) is 0 Å². The van der Waals surface area contributed by atoms with Crippen molar-refractivity contribution in [2.45, 2.75) is 26.2 Å². The van der Waals surface area contributed by atoms with Crippen LogP contribution in [0.25, 0.3) is 0 Å². The van der Waals surface area contributed by atoms with E-state index < -0.39 is 0 Å². The molecular formula is C9H11ClINO. The van der Waals surface area contributed by atoms with Crippen LogP contribution in [0.3, 0.4) is 0 Å². The van der Waals surface area contributed by atoms with Crippen LogP contribution in [0.2, 0.25) is 5.15 Å². The monoisotopic (exact) mass is 311 g/mol. The molecule has 0 bridgehead atoms. The van der Waals surface area contributed by atoms with Crippen LogP contribution in [0.5, 0.6) is 5.75 Å². The summed E-state index contributed by atoms with van der Waals surface area (Å²) in [5, 5.41) is 9.84. The van der Waals surface area contributed by atoms with Gasteiger partial charge < -0.3 is 5.11 Å². The van der Waals surface area contributed by atoms with Gasteiger partial charge in [-0.1, -0.05) is 32.4 Å². The van der Waals surface area contributed by atoms with Gasteiger partial charge in [-0.25, -0.2) is 4.98 Å². The normalized spacial score (nSPS) is 11.8. The molecule has 0 radical (unpaired) electrons. The SMILES string of the molecule is CC(C)(C)c1cc(I)nc(Cl)c1O. The van der Waals surface area contributed by atoms with Gasteiger partial charge in [0.1, 0.15) is 3.70 Å². The Kier molecular flexibility index (Phi) is 3.07. The van der Waals surface area contributed by atoms with Crippen molar-refractivity contribution < 1.29 is 5.11 Å². The van der Waals surface area contributed by atoms with Crippen molar-refractivity contribution in [3.8, 4) is 5.75 Å². The lowest BCUT2D eigenvalue weighted by molar-refractivity contribution is 0.444. The van der Waals surface area contributed by atoms with Gasteiger partial charge in [0.25, 0.3) is 0 Å². The number of nitrogens with zero attached hydrogens (tertiary/aromatic N) is 1. The average Bonchev–Trinajstić information content (AvgIpc) is 1.94. The maximum Gasteiger partial charge on any atom is 0.172 e. The molecule has 1 aromatic rings. The van der Waals surface area contributed by atoms with Gasteiger partial charge in [0.15, 0.2) is 10.9 Å². The van der Waals surface area contributed by atoms with Crippen LogP contribution in [-0.2, 0) is 5.41 Å². The Morgan fingerprint density at radius 1 is 1.46 bits per heavy atom. The van der Waals surface area contributed by atoms with Crippen molar-refractivity contribution >= 4 is 34.2 Å². The minimum absolute atomic E-state index is 0.0922. The van der Waals surface area contributed by atoms with Gasteiger partial charge in [-0.15, -0.1) is 0 Å². The summed E-state index contributed by atoms with van der Waals surface area (Å²) in [5.41, 5.74) is 0.716. The molecule has 0 atom stereocenters. The van der Waals surface area contributed by atoms with Gasteiger partial charge in [-0.3, -0.25) is 0 Å². The van der Waals surface area contributed by atoms with E-state index in [0.29, 0.717) is 0 Å². The van der Waals surface area contributed by atoms with Crippen molar-refractivity contribution in [1.82, 2.24) is 4.98 Å². The summed E-state index contributed by atoms with van der Waals surface area (Å²) >= 11 is 7.84. The van der Waals surface area contributed by atoms with Crippen LogP contribution >= 0.6 is 34.2 Å². The Balaban J connectivity index is 3.37. The number of halogens is 2. The highest BCUT2D eigenvalue weighted by Gasteiger charge is 2.21.